The van der Waals surface area contributed by atoms with Gasteiger partial charge in [0, 0.05) is 11.5 Å². The monoisotopic (exact) mass is 356 g/mol. The molecule has 1 saturated carbocycles. The first-order valence-corrected chi connectivity index (χ1v) is 10.1. The molecule has 1 aromatic carbocycles. The minimum absolute atomic E-state index is 0.0321. The number of benzene rings is 1. The van der Waals surface area contributed by atoms with Crippen LogP contribution in [-0.4, -0.2) is 18.0 Å². The van der Waals surface area contributed by atoms with E-state index < -0.39 is 5.54 Å². The van der Waals surface area contributed by atoms with Gasteiger partial charge >= 0.3 is 0 Å². The number of hydrogen-bond donors (Lipinski definition) is 2. The summed E-state index contributed by atoms with van der Waals surface area (Å²) in [6.07, 6.45) is 4.74. The van der Waals surface area contributed by atoms with Crippen molar-refractivity contribution in [2.45, 2.75) is 77.3 Å². The fourth-order valence-electron chi connectivity index (χ4n) is 3.87. The van der Waals surface area contributed by atoms with E-state index in [2.05, 4.69) is 68.7 Å². The summed E-state index contributed by atoms with van der Waals surface area (Å²) in [5.41, 5.74) is 2.00. The van der Waals surface area contributed by atoms with Crippen molar-refractivity contribution in [1.29, 1.82) is 5.26 Å². The number of amides is 1. The summed E-state index contributed by atoms with van der Waals surface area (Å²) in [5.74, 6) is 0.967. The molecule has 0 unspecified atom stereocenters. The fourth-order valence-corrected chi connectivity index (χ4v) is 3.87. The summed E-state index contributed by atoms with van der Waals surface area (Å²) in [6, 6.07) is 11.4. The van der Waals surface area contributed by atoms with Gasteiger partial charge in [-0.3, -0.25) is 4.79 Å². The van der Waals surface area contributed by atoms with Crippen molar-refractivity contribution in [2.24, 2.45) is 5.92 Å². The van der Waals surface area contributed by atoms with Crippen molar-refractivity contribution in [3.05, 3.63) is 35.4 Å². The van der Waals surface area contributed by atoms with Crippen LogP contribution < -0.4 is 10.6 Å². The third-order valence-electron chi connectivity index (χ3n) is 5.83. The second-order valence-corrected chi connectivity index (χ2v) is 8.13. The molecule has 4 heteroatoms. The van der Waals surface area contributed by atoms with Gasteiger partial charge in [0.05, 0.1) is 6.07 Å². The van der Waals surface area contributed by atoms with Crippen LogP contribution in [0.3, 0.4) is 0 Å². The molecule has 142 valence electrons. The molecule has 1 aliphatic rings. The van der Waals surface area contributed by atoms with Crippen LogP contribution in [-0.2, 0) is 4.79 Å². The highest BCUT2D eigenvalue weighted by Crippen LogP contribution is 2.28. The fraction of sp³-hybridized carbons (Fsp3) is 0.636. The zero-order chi connectivity index (χ0) is 19.2. The maximum Gasteiger partial charge on any atom is 0.276 e. The van der Waals surface area contributed by atoms with Gasteiger partial charge in [-0.1, -0.05) is 52.0 Å². The van der Waals surface area contributed by atoms with Crippen LogP contribution in [0.5, 0.6) is 0 Å². The maximum atomic E-state index is 12.4. The van der Waals surface area contributed by atoms with E-state index in [0.717, 1.165) is 32.1 Å². The Bertz CT molecular complexity index is 624. The van der Waals surface area contributed by atoms with Gasteiger partial charge in [0.15, 0.2) is 6.54 Å². The molecule has 2 atom stereocenters. The Morgan fingerprint density at radius 3 is 2.27 bits per heavy atom. The number of carbonyl (C=O) groups is 1. The van der Waals surface area contributed by atoms with Gasteiger partial charge in [-0.25, -0.2) is 0 Å². The largest absolute Gasteiger partial charge is 0.333 e. The third-order valence-corrected chi connectivity index (χ3v) is 5.83. The first kappa shape index (κ1) is 20.5. The lowest BCUT2D eigenvalue weighted by atomic mass is 9.92. The molecular weight excluding hydrogens is 322 g/mol. The molecule has 3 N–H and O–H groups in total. The molecule has 0 spiro atoms. The molecule has 0 aromatic heterocycles. The van der Waals surface area contributed by atoms with E-state index in [9.17, 15) is 10.1 Å². The summed E-state index contributed by atoms with van der Waals surface area (Å²) in [6.45, 7) is 9.20. The third kappa shape index (κ3) is 5.08. The quantitative estimate of drug-likeness (QED) is 0.749. The van der Waals surface area contributed by atoms with Crippen molar-refractivity contribution in [3.8, 4) is 6.07 Å². The number of nitrogens with zero attached hydrogens (tertiary/aromatic N) is 1. The average Bonchev–Trinajstić information content (AvgIpc) is 3.10. The number of nitriles is 1. The van der Waals surface area contributed by atoms with E-state index >= 15 is 0 Å². The average molecular weight is 357 g/mol. The minimum atomic E-state index is -0.629. The molecule has 0 bridgehead atoms. The van der Waals surface area contributed by atoms with Crippen molar-refractivity contribution in [1.82, 2.24) is 5.32 Å². The Kier molecular flexibility index (Phi) is 7.23. The van der Waals surface area contributed by atoms with Crippen molar-refractivity contribution < 1.29 is 10.1 Å². The van der Waals surface area contributed by atoms with E-state index in [0.29, 0.717) is 18.4 Å². The predicted molar refractivity (Wildman–Crippen MR) is 104 cm³/mol. The summed E-state index contributed by atoms with van der Waals surface area (Å²) < 4.78 is 0. The van der Waals surface area contributed by atoms with Crippen LogP contribution >= 0.6 is 0 Å². The molecule has 1 aliphatic carbocycles. The van der Waals surface area contributed by atoms with Crippen LogP contribution in [0, 0.1) is 17.2 Å². The number of quaternary nitrogens is 1. The molecule has 0 radical (unpaired) electrons. The molecule has 0 aliphatic heterocycles. The molecule has 0 saturated heterocycles. The van der Waals surface area contributed by atoms with Crippen molar-refractivity contribution in [2.75, 3.05) is 6.54 Å². The topological polar surface area (TPSA) is 69.5 Å². The first-order chi connectivity index (χ1) is 12.4. The van der Waals surface area contributed by atoms with Crippen LogP contribution in [0.25, 0.3) is 0 Å². The van der Waals surface area contributed by atoms with E-state index in [1.165, 1.54) is 11.1 Å². The van der Waals surface area contributed by atoms with Crippen molar-refractivity contribution >= 4 is 5.91 Å². The van der Waals surface area contributed by atoms with Gasteiger partial charge in [0.25, 0.3) is 5.91 Å². The van der Waals surface area contributed by atoms with Crippen LogP contribution in [0.4, 0.5) is 0 Å². The smallest absolute Gasteiger partial charge is 0.276 e. The predicted octanol–water partition coefficient (Wildman–Crippen LogP) is 3.41. The second-order valence-electron chi connectivity index (χ2n) is 8.13. The van der Waals surface area contributed by atoms with Crippen molar-refractivity contribution in [3.63, 3.8) is 0 Å². The molecule has 26 heavy (non-hydrogen) atoms. The van der Waals surface area contributed by atoms with Crippen LogP contribution in [0.1, 0.15) is 82.9 Å². The lowest BCUT2D eigenvalue weighted by molar-refractivity contribution is -0.692. The van der Waals surface area contributed by atoms with Gasteiger partial charge in [0.1, 0.15) is 11.6 Å². The normalized spacial score (nSPS) is 18.3. The molecule has 4 nitrogen and oxygen atoms in total. The number of nitrogens with two attached hydrogens (primary N) is 1. The highest BCUT2D eigenvalue weighted by molar-refractivity contribution is 5.78. The summed E-state index contributed by atoms with van der Waals surface area (Å²) in [7, 11) is 0. The van der Waals surface area contributed by atoms with E-state index in [-0.39, 0.29) is 11.9 Å². The molecule has 1 fully saturated rings. The summed E-state index contributed by atoms with van der Waals surface area (Å²) >= 11 is 0. The highest BCUT2D eigenvalue weighted by Gasteiger charge is 2.35. The summed E-state index contributed by atoms with van der Waals surface area (Å²) in [4.78, 5) is 12.4. The molecular formula is C22H34N3O+. The van der Waals surface area contributed by atoms with Crippen LogP contribution in [0.15, 0.2) is 24.3 Å². The van der Waals surface area contributed by atoms with Crippen LogP contribution in [0.2, 0.25) is 0 Å². The zero-order valence-corrected chi connectivity index (χ0v) is 16.7. The lowest BCUT2D eigenvalue weighted by Crippen LogP contribution is -2.88. The van der Waals surface area contributed by atoms with E-state index in [1.807, 2.05) is 0 Å². The highest BCUT2D eigenvalue weighted by atomic mass is 16.2. The van der Waals surface area contributed by atoms with E-state index in [1.54, 1.807) is 0 Å². The van der Waals surface area contributed by atoms with Gasteiger partial charge in [-0.05, 0) is 43.6 Å². The Labute approximate surface area is 158 Å². The number of rotatable bonds is 8. The molecule has 0 heterocycles. The summed E-state index contributed by atoms with van der Waals surface area (Å²) in [5, 5.41) is 14.5. The van der Waals surface area contributed by atoms with Gasteiger partial charge < -0.3 is 10.6 Å². The zero-order valence-electron chi connectivity index (χ0n) is 16.7. The molecule has 1 amide bonds. The lowest BCUT2D eigenvalue weighted by Gasteiger charge is -2.24. The maximum absolute atomic E-state index is 12.4. The standard InChI is InChI=1S/C22H33N3O/c1-5-17(4)18-8-10-19(11-9-18)21(16(2)3)24-14-20(26)25-22(15-23)12-6-7-13-22/h8-11,16-17,21,24H,5-7,12-14H2,1-4H3,(H,25,26)/p+1/t17-,21+/m0/s1. The molecule has 2 rings (SSSR count). The first-order valence-electron chi connectivity index (χ1n) is 10.1. The van der Waals surface area contributed by atoms with Gasteiger partial charge in [0.2, 0.25) is 0 Å². The Balaban J connectivity index is 1.98. The Morgan fingerprint density at radius 1 is 1.19 bits per heavy atom. The Hall–Kier alpha value is -1.86. The Morgan fingerprint density at radius 2 is 1.77 bits per heavy atom. The number of carbonyl (C=O) groups excluding carboxylic acids is 1. The van der Waals surface area contributed by atoms with Gasteiger partial charge in [-0.15, -0.1) is 0 Å². The second kappa shape index (κ2) is 9.19. The number of hydrogen-bond acceptors (Lipinski definition) is 2. The minimum Gasteiger partial charge on any atom is -0.333 e. The van der Waals surface area contributed by atoms with E-state index in [4.69, 9.17) is 0 Å². The van der Waals surface area contributed by atoms with Gasteiger partial charge in [-0.2, -0.15) is 5.26 Å². The SMILES string of the molecule is CC[C@H](C)c1ccc([C@H]([NH2+]CC(=O)NC2(C#N)CCCC2)C(C)C)cc1. The number of nitrogens with one attached hydrogen (secondary N) is 1. The molecule has 1 aromatic rings.